The van der Waals surface area contributed by atoms with Gasteiger partial charge in [-0.05, 0) is 29.8 Å². The SMILES string of the molecule is FC(F)(F)c1nc(N2CCN(Cc3ccc(Cl)cc3Cl)CC2)c2ccccc2n1. The van der Waals surface area contributed by atoms with Crippen LogP contribution in [0.4, 0.5) is 19.0 Å². The molecule has 0 saturated carbocycles. The van der Waals surface area contributed by atoms with Crippen LogP contribution in [0.2, 0.25) is 10.0 Å². The van der Waals surface area contributed by atoms with Gasteiger partial charge in [0.15, 0.2) is 0 Å². The largest absolute Gasteiger partial charge is 0.451 e. The molecule has 152 valence electrons. The topological polar surface area (TPSA) is 32.3 Å². The number of aromatic nitrogens is 2. The second kappa shape index (κ2) is 7.97. The Morgan fingerprint density at radius 1 is 0.931 bits per heavy atom. The molecule has 2 heterocycles. The lowest BCUT2D eigenvalue weighted by Crippen LogP contribution is -2.46. The highest BCUT2D eigenvalue weighted by molar-refractivity contribution is 6.35. The first kappa shape index (κ1) is 20.2. The van der Waals surface area contributed by atoms with Gasteiger partial charge in [-0.3, -0.25) is 4.90 Å². The number of rotatable bonds is 3. The van der Waals surface area contributed by atoms with Crippen LogP contribution in [0.5, 0.6) is 0 Å². The van der Waals surface area contributed by atoms with Gasteiger partial charge in [-0.15, -0.1) is 0 Å². The van der Waals surface area contributed by atoms with E-state index in [1.165, 1.54) is 0 Å². The summed E-state index contributed by atoms with van der Waals surface area (Å²) in [5, 5.41) is 1.81. The first-order valence-electron chi connectivity index (χ1n) is 9.06. The average molecular weight is 441 g/mol. The molecule has 0 bridgehead atoms. The Labute approximate surface area is 175 Å². The molecule has 0 spiro atoms. The first-order chi connectivity index (χ1) is 13.8. The molecule has 4 nitrogen and oxygen atoms in total. The lowest BCUT2D eigenvalue weighted by atomic mass is 10.1. The number of nitrogens with zero attached hydrogens (tertiary/aromatic N) is 4. The molecule has 0 N–H and O–H groups in total. The van der Waals surface area contributed by atoms with Crippen LogP contribution in [0.15, 0.2) is 42.5 Å². The van der Waals surface area contributed by atoms with Gasteiger partial charge in [0.05, 0.1) is 5.52 Å². The zero-order valence-electron chi connectivity index (χ0n) is 15.3. The molecule has 1 saturated heterocycles. The molecule has 4 rings (SSSR count). The third-order valence-corrected chi connectivity index (χ3v) is 5.50. The van der Waals surface area contributed by atoms with E-state index in [1.807, 2.05) is 11.0 Å². The molecule has 1 aliphatic heterocycles. The summed E-state index contributed by atoms with van der Waals surface area (Å²) in [6.07, 6.45) is -4.59. The molecule has 1 fully saturated rings. The van der Waals surface area contributed by atoms with Crippen molar-refractivity contribution in [3.8, 4) is 0 Å². The van der Waals surface area contributed by atoms with Crippen molar-refractivity contribution in [3.05, 3.63) is 63.9 Å². The summed E-state index contributed by atoms with van der Waals surface area (Å²) >= 11 is 12.2. The molecule has 0 radical (unpaired) electrons. The van der Waals surface area contributed by atoms with Crippen molar-refractivity contribution in [2.24, 2.45) is 0 Å². The minimum absolute atomic E-state index is 0.292. The maximum absolute atomic E-state index is 13.3. The fraction of sp³-hybridized carbons (Fsp3) is 0.300. The molecular weight excluding hydrogens is 424 g/mol. The smallest absolute Gasteiger partial charge is 0.353 e. The van der Waals surface area contributed by atoms with Crippen LogP contribution in [0.1, 0.15) is 11.4 Å². The molecule has 0 atom stereocenters. The van der Waals surface area contributed by atoms with E-state index in [0.29, 0.717) is 59.5 Å². The van der Waals surface area contributed by atoms with Crippen molar-refractivity contribution in [1.82, 2.24) is 14.9 Å². The monoisotopic (exact) mass is 440 g/mol. The molecular formula is C20H17Cl2F3N4. The van der Waals surface area contributed by atoms with Gasteiger partial charge in [0.2, 0.25) is 5.82 Å². The van der Waals surface area contributed by atoms with Gasteiger partial charge >= 0.3 is 6.18 Å². The van der Waals surface area contributed by atoms with Crippen LogP contribution in [0.25, 0.3) is 10.9 Å². The number of alkyl halides is 3. The highest BCUT2D eigenvalue weighted by atomic mass is 35.5. The van der Waals surface area contributed by atoms with Crippen LogP contribution in [0, 0.1) is 0 Å². The van der Waals surface area contributed by atoms with Crippen molar-refractivity contribution in [2.45, 2.75) is 12.7 Å². The van der Waals surface area contributed by atoms with E-state index >= 15 is 0 Å². The van der Waals surface area contributed by atoms with E-state index in [1.54, 1.807) is 36.4 Å². The van der Waals surface area contributed by atoms with Crippen LogP contribution in [0.3, 0.4) is 0 Å². The van der Waals surface area contributed by atoms with Crippen LogP contribution >= 0.6 is 23.2 Å². The van der Waals surface area contributed by atoms with Crippen LogP contribution < -0.4 is 4.90 Å². The molecule has 1 aromatic heterocycles. The molecule has 29 heavy (non-hydrogen) atoms. The number of hydrogen-bond donors (Lipinski definition) is 0. The summed E-state index contributed by atoms with van der Waals surface area (Å²) in [6, 6.07) is 12.2. The third kappa shape index (κ3) is 4.42. The number of anilines is 1. The lowest BCUT2D eigenvalue weighted by molar-refractivity contribution is -0.144. The number of benzene rings is 2. The Balaban J connectivity index is 1.54. The lowest BCUT2D eigenvalue weighted by Gasteiger charge is -2.36. The molecule has 1 aliphatic rings. The average Bonchev–Trinajstić information content (AvgIpc) is 2.69. The minimum Gasteiger partial charge on any atom is -0.353 e. The predicted octanol–water partition coefficient (Wildman–Crippen LogP) is 5.28. The zero-order valence-corrected chi connectivity index (χ0v) is 16.8. The summed E-state index contributed by atoms with van der Waals surface area (Å²) in [7, 11) is 0. The van der Waals surface area contributed by atoms with Crippen molar-refractivity contribution in [3.63, 3.8) is 0 Å². The van der Waals surface area contributed by atoms with Crippen LogP contribution in [-0.4, -0.2) is 41.0 Å². The maximum atomic E-state index is 13.3. The van der Waals surface area contributed by atoms with Crippen LogP contribution in [-0.2, 0) is 12.7 Å². The summed E-state index contributed by atoms with van der Waals surface area (Å²) in [6.45, 7) is 3.13. The van der Waals surface area contributed by atoms with Crippen molar-refractivity contribution in [1.29, 1.82) is 0 Å². The van der Waals surface area contributed by atoms with Gasteiger partial charge < -0.3 is 4.90 Å². The van der Waals surface area contributed by atoms with Crippen molar-refractivity contribution in [2.75, 3.05) is 31.1 Å². The van der Waals surface area contributed by atoms with Gasteiger partial charge in [-0.25, -0.2) is 9.97 Å². The number of para-hydroxylation sites is 1. The Hall–Kier alpha value is -2.09. The van der Waals surface area contributed by atoms with E-state index in [2.05, 4.69) is 14.9 Å². The highest BCUT2D eigenvalue weighted by Crippen LogP contribution is 2.32. The fourth-order valence-electron chi connectivity index (χ4n) is 3.44. The van der Waals surface area contributed by atoms with Gasteiger partial charge in [0.25, 0.3) is 0 Å². The van der Waals surface area contributed by atoms with E-state index in [4.69, 9.17) is 23.2 Å². The first-order valence-corrected chi connectivity index (χ1v) is 9.82. The number of fused-ring (bicyclic) bond motifs is 1. The molecule has 2 aromatic carbocycles. The second-order valence-electron chi connectivity index (χ2n) is 6.88. The van der Waals surface area contributed by atoms with Gasteiger partial charge in [0.1, 0.15) is 5.82 Å². The second-order valence-corrected chi connectivity index (χ2v) is 7.73. The van der Waals surface area contributed by atoms with E-state index in [-0.39, 0.29) is 0 Å². The molecule has 9 heteroatoms. The molecule has 0 amide bonds. The maximum Gasteiger partial charge on any atom is 0.451 e. The number of hydrogen-bond acceptors (Lipinski definition) is 4. The Morgan fingerprint density at radius 2 is 1.66 bits per heavy atom. The van der Waals surface area contributed by atoms with Gasteiger partial charge in [0, 0.05) is 48.2 Å². The quantitative estimate of drug-likeness (QED) is 0.554. The van der Waals surface area contributed by atoms with E-state index in [9.17, 15) is 13.2 Å². The highest BCUT2D eigenvalue weighted by Gasteiger charge is 2.36. The molecule has 0 unspecified atom stereocenters. The summed E-state index contributed by atoms with van der Waals surface area (Å²) in [5.74, 6) is -0.784. The van der Waals surface area contributed by atoms with E-state index < -0.39 is 12.0 Å². The Morgan fingerprint density at radius 3 is 2.34 bits per heavy atom. The third-order valence-electron chi connectivity index (χ3n) is 4.92. The zero-order chi connectivity index (χ0) is 20.6. The van der Waals surface area contributed by atoms with E-state index in [0.717, 1.165) is 5.56 Å². The summed E-state index contributed by atoms with van der Waals surface area (Å²) < 4.78 is 39.8. The summed E-state index contributed by atoms with van der Waals surface area (Å²) in [5.41, 5.74) is 1.26. The summed E-state index contributed by atoms with van der Waals surface area (Å²) in [4.78, 5) is 11.7. The Kier molecular flexibility index (Phi) is 5.55. The van der Waals surface area contributed by atoms with Gasteiger partial charge in [-0.2, -0.15) is 13.2 Å². The number of halogens is 5. The number of piperazine rings is 1. The fourth-order valence-corrected chi connectivity index (χ4v) is 3.90. The van der Waals surface area contributed by atoms with Crippen molar-refractivity contribution >= 4 is 39.9 Å². The minimum atomic E-state index is -4.59. The Bertz CT molecular complexity index is 1030. The normalized spacial score (nSPS) is 15.8. The van der Waals surface area contributed by atoms with Crippen molar-refractivity contribution < 1.29 is 13.2 Å². The predicted molar refractivity (Wildman–Crippen MR) is 108 cm³/mol. The molecule has 0 aliphatic carbocycles. The molecule has 3 aromatic rings. The van der Waals surface area contributed by atoms with Gasteiger partial charge in [-0.1, -0.05) is 41.4 Å². The standard InChI is InChI=1S/C20H17Cl2F3N4/c21-14-6-5-13(16(22)11-14)12-28-7-9-29(10-8-28)18-15-3-1-2-4-17(15)26-19(27-18)20(23,24)25/h1-6,11H,7-10,12H2.